The molecule has 1 aromatic rings. The largest absolute Gasteiger partial charge is 0.480 e. The molecule has 0 aromatic carbocycles. The summed E-state index contributed by atoms with van der Waals surface area (Å²) in [6, 6.07) is -1.24. The second-order valence-electron chi connectivity index (χ2n) is 6.05. The maximum atomic E-state index is 11.9. The van der Waals surface area contributed by atoms with Gasteiger partial charge in [0, 0.05) is 12.8 Å². The Balaban J connectivity index is 2.62. The lowest BCUT2D eigenvalue weighted by atomic mass is 9.97. The van der Waals surface area contributed by atoms with E-state index in [1.54, 1.807) is 0 Å². The zero-order chi connectivity index (χ0) is 20.6. The molecule has 13 heteroatoms. The summed E-state index contributed by atoms with van der Waals surface area (Å²) in [7, 11) is 1.21. The molecule has 0 saturated heterocycles. The highest BCUT2D eigenvalue weighted by Gasteiger charge is 2.29. The van der Waals surface area contributed by atoms with Gasteiger partial charge in [-0.3, -0.25) is 14.4 Å². The van der Waals surface area contributed by atoms with Crippen molar-refractivity contribution in [1.82, 2.24) is 25.5 Å². The molecule has 0 aliphatic heterocycles. The van der Waals surface area contributed by atoms with Crippen molar-refractivity contribution in [3.8, 4) is 0 Å². The number of hydrogen-bond acceptors (Lipinski definition) is 9. The first-order chi connectivity index (χ1) is 12.6. The zero-order valence-electron chi connectivity index (χ0n) is 14.9. The lowest BCUT2D eigenvalue weighted by molar-refractivity contribution is -0.144. The first-order valence-electron chi connectivity index (χ1n) is 7.93. The quantitative estimate of drug-likeness (QED) is 0.304. The monoisotopic (exact) mass is 386 g/mol. The van der Waals surface area contributed by atoms with Crippen LogP contribution in [0, 0.1) is 0 Å². The molecule has 0 radical (unpaired) electrons. The van der Waals surface area contributed by atoms with Crippen LogP contribution in [0.1, 0.15) is 32.0 Å². The van der Waals surface area contributed by atoms with Crippen LogP contribution in [-0.2, 0) is 36.9 Å². The summed E-state index contributed by atoms with van der Waals surface area (Å²) in [5, 5.41) is 31.2. The van der Waals surface area contributed by atoms with E-state index in [1.807, 2.05) is 0 Å². The predicted octanol–water partition coefficient (Wildman–Crippen LogP) is -2.07. The Morgan fingerprint density at radius 1 is 1.33 bits per heavy atom. The Hall–Kier alpha value is -3.09. The summed E-state index contributed by atoms with van der Waals surface area (Å²) in [4.78, 5) is 45.5. The van der Waals surface area contributed by atoms with E-state index in [4.69, 9.17) is 10.8 Å². The number of methoxy groups -OCH3 is 1. The van der Waals surface area contributed by atoms with Gasteiger partial charge in [-0.25, -0.2) is 9.48 Å². The zero-order valence-corrected chi connectivity index (χ0v) is 14.9. The molecule has 1 heterocycles. The number of hydrogen-bond donors (Lipinski definition) is 4. The Bertz CT molecular complexity index is 702. The third kappa shape index (κ3) is 6.97. The summed E-state index contributed by atoms with van der Waals surface area (Å²) in [5.41, 5.74) is 3.94. The molecule has 1 rings (SSSR count). The number of carboxylic acid groups (broad SMARTS) is 2. The molecule has 0 spiro atoms. The number of aliphatic carboxylic acids is 2. The molecule has 0 saturated carbocycles. The van der Waals surface area contributed by atoms with Gasteiger partial charge in [-0.15, -0.1) is 5.10 Å². The van der Waals surface area contributed by atoms with Crippen LogP contribution in [-0.4, -0.2) is 72.9 Å². The summed E-state index contributed by atoms with van der Waals surface area (Å²) in [6.07, 6.45) is -0.368. The summed E-state index contributed by atoms with van der Waals surface area (Å²) >= 11 is 0. The average Bonchev–Trinajstić information content (AvgIpc) is 3.03. The Labute approximate surface area is 153 Å². The molecular formula is C14H22N6O7. The summed E-state index contributed by atoms with van der Waals surface area (Å²) in [6.45, 7) is 1.03. The number of carbonyl (C=O) groups is 4. The smallest absolute Gasteiger partial charge is 0.327 e. The van der Waals surface area contributed by atoms with Gasteiger partial charge in [0.15, 0.2) is 5.82 Å². The molecule has 1 amide bonds. The van der Waals surface area contributed by atoms with E-state index in [0.29, 0.717) is 0 Å². The number of carboxylic acids is 2. The van der Waals surface area contributed by atoms with Crippen molar-refractivity contribution in [3.63, 3.8) is 0 Å². The molecule has 2 atom stereocenters. The number of rotatable bonds is 11. The van der Waals surface area contributed by atoms with E-state index in [2.05, 4.69) is 25.6 Å². The normalized spacial score (nSPS) is 14.0. The lowest BCUT2D eigenvalue weighted by Gasteiger charge is -2.19. The Kier molecular flexibility index (Phi) is 7.78. The number of nitrogens with zero attached hydrogens (tertiary/aromatic N) is 4. The molecule has 150 valence electrons. The molecule has 5 N–H and O–H groups in total. The fraction of sp³-hybridized carbons (Fsp3) is 0.643. The van der Waals surface area contributed by atoms with Crippen molar-refractivity contribution < 1.29 is 34.1 Å². The second-order valence-corrected chi connectivity index (χ2v) is 6.05. The summed E-state index contributed by atoms with van der Waals surface area (Å²) < 4.78 is 5.67. The number of tetrazole rings is 1. The van der Waals surface area contributed by atoms with Crippen LogP contribution in [0.5, 0.6) is 0 Å². The Morgan fingerprint density at radius 2 is 2.00 bits per heavy atom. The van der Waals surface area contributed by atoms with Gasteiger partial charge in [0.25, 0.3) is 0 Å². The number of ether oxygens (including phenoxy) is 1. The van der Waals surface area contributed by atoms with Gasteiger partial charge in [-0.2, -0.15) is 0 Å². The van der Waals surface area contributed by atoms with Gasteiger partial charge in [-0.05, 0) is 30.2 Å². The van der Waals surface area contributed by atoms with Crippen molar-refractivity contribution >= 4 is 23.8 Å². The highest BCUT2D eigenvalue weighted by atomic mass is 16.5. The van der Waals surface area contributed by atoms with E-state index in [9.17, 15) is 24.3 Å². The van der Waals surface area contributed by atoms with Crippen LogP contribution in [0.3, 0.4) is 0 Å². The molecule has 0 unspecified atom stereocenters. The van der Waals surface area contributed by atoms with E-state index >= 15 is 0 Å². The summed E-state index contributed by atoms with van der Waals surface area (Å²) in [5.74, 6) is -3.50. The third-order valence-corrected chi connectivity index (χ3v) is 3.76. The van der Waals surface area contributed by atoms with Crippen LogP contribution in [0.15, 0.2) is 0 Å². The van der Waals surface area contributed by atoms with E-state index in [0.717, 1.165) is 0 Å². The van der Waals surface area contributed by atoms with Gasteiger partial charge < -0.3 is 26.0 Å². The second kappa shape index (κ2) is 9.56. The standard InChI is InChI=1S/C14H22N6O7/c1-14(15,13(25)26)6-5-10(21)16-8(12(23)24)3-4-9-17-18-19-20(9)7-11(22)27-2/h8H,3-7,15H2,1-2H3,(H,16,21)(H,23,24)(H,25,26)/t8-,14-/m0/s1. The van der Waals surface area contributed by atoms with Crippen LogP contribution in [0.2, 0.25) is 0 Å². The van der Waals surface area contributed by atoms with Gasteiger partial charge >= 0.3 is 17.9 Å². The van der Waals surface area contributed by atoms with Gasteiger partial charge in [0.2, 0.25) is 5.91 Å². The Morgan fingerprint density at radius 3 is 2.56 bits per heavy atom. The number of aromatic nitrogens is 4. The number of esters is 1. The van der Waals surface area contributed by atoms with Crippen LogP contribution in [0.25, 0.3) is 0 Å². The highest BCUT2D eigenvalue weighted by Crippen LogP contribution is 2.10. The lowest BCUT2D eigenvalue weighted by Crippen LogP contribution is -2.47. The van der Waals surface area contributed by atoms with Gasteiger partial charge in [0.05, 0.1) is 7.11 Å². The van der Waals surface area contributed by atoms with E-state index in [1.165, 1.54) is 18.7 Å². The molecule has 0 bridgehead atoms. The number of aryl methyl sites for hydroxylation is 1. The highest BCUT2D eigenvalue weighted by molar-refractivity contribution is 5.84. The first-order valence-corrected chi connectivity index (χ1v) is 7.93. The number of nitrogens with one attached hydrogen (secondary N) is 1. The maximum Gasteiger partial charge on any atom is 0.327 e. The molecule has 0 aliphatic rings. The van der Waals surface area contributed by atoms with Crippen molar-refractivity contribution in [1.29, 1.82) is 0 Å². The van der Waals surface area contributed by atoms with Crippen molar-refractivity contribution in [3.05, 3.63) is 5.82 Å². The van der Waals surface area contributed by atoms with Gasteiger partial charge in [-0.1, -0.05) is 0 Å². The predicted molar refractivity (Wildman–Crippen MR) is 87.2 cm³/mol. The maximum absolute atomic E-state index is 11.9. The van der Waals surface area contributed by atoms with Crippen molar-refractivity contribution in [2.24, 2.45) is 5.73 Å². The average molecular weight is 386 g/mol. The number of nitrogens with two attached hydrogens (primary N) is 1. The minimum Gasteiger partial charge on any atom is -0.480 e. The van der Waals surface area contributed by atoms with Crippen molar-refractivity contribution in [2.75, 3.05) is 7.11 Å². The van der Waals surface area contributed by atoms with Gasteiger partial charge in [0.1, 0.15) is 18.1 Å². The third-order valence-electron chi connectivity index (χ3n) is 3.76. The fourth-order valence-electron chi connectivity index (χ4n) is 1.99. The molecule has 0 aliphatic carbocycles. The molecular weight excluding hydrogens is 364 g/mol. The number of carbonyl (C=O) groups excluding carboxylic acids is 2. The van der Waals surface area contributed by atoms with E-state index < -0.39 is 35.4 Å². The first kappa shape index (κ1) is 22.0. The minimum atomic E-state index is -1.59. The van der Waals surface area contributed by atoms with Crippen molar-refractivity contribution in [2.45, 2.75) is 50.7 Å². The molecule has 13 nitrogen and oxygen atoms in total. The minimum absolute atomic E-state index is 0.0402. The van der Waals surface area contributed by atoms with Crippen LogP contribution < -0.4 is 11.1 Å². The molecule has 27 heavy (non-hydrogen) atoms. The fourth-order valence-corrected chi connectivity index (χ4v) is 1.99. The topological polar surface area (TPSA) is 200 Å². The SMILES string of the molecule is COC(=O)Cn1nnnc1CC[C@H](NC(=O)CC[C@](C)(N)C(=O)O)C(=O)O. The van der Waals surface area contributed by atoms with E-state index in [-0.39, 0.29) is 38.1 Å². The molecule has 1 aromatic heterocycles. The molecule has 0 fully saturated rings. The van der Waals surface area contributed by atoms with Crippen LogP contribution >= 0.6 is 0 Å². The number of amides is 1. The van der Waals surface area contributed by atoms with Crippen LogP contribution in [0.4, 0.5) is 0 Å².